The van der Waals surface area contributed by atoms with Crippen molar-refractivity contribution in [1.29, 1.82) is 5.26 Å². The van der Waals surface area contributed by atoms with Gasteiger partial charge in [0, 0.05) is 31.9 Å². The van der Waals surface area contributed by atoms with Gasteiger partial charge < -0.3 is 15.1 Å². The molecular weight excluding hydrogens is 332 g/mol. The number of nitriles is 1. The Bertz CT molecular complexity index is 1030. The van der Waals surface area contributed by atoms with Crippen LogP contribution in [0.5, 0.6) is 0 Å². The minimum Gasteiger partial charge on any atom is -0.443 e. The fourth-order valence-corrected chi connectivity index (χ4v) is 3.22. The van der Waals surface area contributed by atoms with Crippen LogP contribution >= 0.6 is 0 Å². The highest BCUT2D eigenvalue weighted by Gasteiger charge is 2.30. The number of fused-ring (bicyclic) bond motifs is 1. The number of hydrogen-bond acceptors (Lipinski definition) is 6. The summed E-state index contributed by atoms with van der Waals surface area (Å²) < 4.78 is 7.42. The second-order valence-corrected chi connectivity index (χ2v) is 6.13. The average molecular weight is 348 g/mol. The average Bonchev–Trinajstić information content (AvgIpc) is 3.27. The summed E-state index contributed by atoms with van der Waals surface area (Å²) in [5, 5.41) is 17.6. The Morgan fingerprint density at radius 3 is 2.85 bits per heavy atom. The maximum absolute atomic E-state index is 13.1. The van der Waals surface area contributed by atoms with E-state index in [4.69, 9.17) is 10.2 Å². The van der Waals surface area contributed by atoms with E-state index in [2.05, 4.69) is 16.3 Å². The third kappa shape index (κ3) is 2.50. The van der Waals surface area contributed by atoms with Crippen molar-refractivity contribution in [3.63, 3.8) is 0 Å². The van der Waals surface area contributed by atoms with Crippen molar-refractivity contribution in [2.75, 3.05) is 12.3 Å². The second kappa shape index (κ2) is 6.04. The number of hydrogen-bond donors (Lipinski definition) is 1. The minimum atomic E-state index is -0.234. The molecule has 26 heavy (non-hydrogen) atoms. The minimum absolute atomic E-state index is 0.234. The zero-order valence-electron chi connectivity index (χ0n) is 14.1. The maximum Gasteiger partial charge on any atom is 0.259 e. The van der Waals surface area contributed by atoms with Crippen LogP contribution in [0.4, 0.5) is 5.82 Å². The predicted molar refractivity (Wildman–Crippen MR) is 92.4 cm³/mol. The standard InChI is InChI=1S/C18H16N6O2/c1-11-16(13(9-19)18(26-11)23-5-2-3-6-23)17(25)24-7-4-14-12(10-24)8-15(20)22-21-14/h2-3,5-6,8H,4,7,10H2,1H3,(H2,20,22). The molecule has 0 saturated heterocycles. The van der Waals surface area contributed by atoms with Gasteiger partial charge in [-0.1, -0.05) is 0 Å². The van der Waals surface area contributed by atoms with Crippen LogP contribution in [-0.4, -0.2) is 32.1 Å². The van der Waals surface area contributed by atoms with Gasteiger partial charge in [0.05, 0.1) is 5.69 Å². The number of aryl methyl sites for hydroxylation is 1. The molecule has 0 atom stereocenters. The van der Waals surface area contributed by atoms with Gasteiger partial charge in [0.2, 0.25) is 5.88 Å². The Balaban J connectivity index is 1.70. The van der Waals surface area contributed by atoms with Gasteiger partial charge in [-0.15, -0.1) is 5.10 Å². The molecule has 1 aliphatic rings. The highest BCUT2D eigenvalue weighted by atomic mass is 16.4. The van der Waals surface area contributed by atoms with Gasteiger partial charge >= 0.3 is 0 Å². The molecule has 0 unspecified atom stereocenters. The molecule has 0 fully saturated rings. The van der Waals surface area contributed by atoms with Crippen molar-refractivity contribution < 1.29 is 9.21 Å². The fraction of sp³-hybridized carbons (Fsp3) is 0.222. The van der Waals surface area contributed by atoms with Gasteiger partial charge in [-0.3, -0.25) is 9.36 Å². The summed E-state index contributed by atoms with van der Waals surface area (Å²) in [6.07, 6.45) is 4.13. The number of amides is 1. The third-order valence-electron chi connectivity index (χ3n) is 4.48. The first-order chi connectivity index (χ1) is 12.6. The van der Waals surface area contributed by atoms with E-state index in [9.17, 15) is 10.1 Å². The van der Waals surface area contributed by atoms with Crippen LogP contribution in [0.2, 0.25) is 0 Å². The Labute approximate surface area is 149 Å². The summed E-state index contributed by atoms with van der Waals surface area (Å²) in [5.41, 5.74) is 7.97. The summed E-state index contributed by atoms with van der Waals surface area (Å²) in [7, 11) is 0. The first-order valence-corrected chi connectivity index (χ1v) is 8.15. The van der Waals surface area contributed by atoms with Crippen molar-refractivity contribution in [3.8, 4) is 12.0 Å². The maximum atomic E-state index is 13.1. The van der Waals surface area contributed by atoms with Crippen molar-refractivity contribution >= 4 is 11.7 Å². The molecule has 0 saturated carbocycles. The highest BCUT2D eigenvalue weighted by Crippen LogP contribution is 2.28. The largest absolute Gasteiger partial charge is 0.443 e. The lowest BCUT2D eigenvalue weighted by Gasteiger charge is -2.27. The van der Waals surface area contributed by atoms with E-state index in [1.807, 2.05) is 12.1 Å². The van der Waals surface area contributed by atoms with Crippen LogP contribution in [0.15, 0.2) is 35.0 Å². The lowest BCUT2D eigenvalue weighted by atomic mass is 10.0. The molecule has 1 aliphatic heterocycles. The third-order valence-corrected chi connectivity index (χ3v) is 4.48. The molecule has 8 heteroatoms. The summed E-state index contributed by atoms with van der Waals surface area (Å²) in [6.45, 7) is 2.57. The Kier molecular flexibility index (Phi) is 3.69. The van der Waals surface area contributed by atoms with Crippen LogP contribution in [-0.2, 0) is 13.0 Å². The van der Waals surface area contributed by atoms with E-state index in [0.29, 0.717) is 42.5 Å². The molecule has 0 aliphatic carbocycles. The van der Waals surface area contributed by atoms with Gasteiger partial charge in [-0.05, 0) is 30.7 Å². The predicted octanol–water partition coefficient (Wildman–Crippen LogP) is 1.82. The van der Waals surface area contributed by atoms with Gasteiger partial charge in [0.1, 0.15) is 28.8 Å². The number of furan rings is 1. The van der Waals surface area contributed by atoms with Crippen molar-refractivity contribution in [3.05, 3.63) is 58.7 Å². The summed E-state index contributed by atoms with van der Waals surface area (Å²) in [4.78, 5) is 14.8. The molecule has 130 valence electrons. The molecule has 0 aromatic carbocycles. The molecule has 4 rings (SSSR count). The van der Waals surface area contributed by atoms with Gasteiger partial charge in [0.25, 0.3) is 5.91 Å². The first-order valence-electron chi connectivity index (χ1n) is 8.15. The lowest BCUT2D eigenvalue weighted by Crippen LogP contribution is -2.37. The molecule has 4 heterocycles. The topological polar surface area (TPSA) is 114 Å². The number of carbonyl (C=O) groups is 1. The zero-order valence-corrected chi connectivity index (χ0v) is 14.1. The first kappa shape index (κ1) is 15.9. The molecule has 3 aromatic rings. The SMILES string of the molecule is Cc1oc(-n2cccc2)c(C#N)c1C(=O)N1CCc2nnc(N)cc2C1. The highest BCUT2D eigenvalue weighted by molar-refractivity contribution is 5.98. The van der Waals surface area contributed by atoms with Gasteiger partial charge in [-0.25, -0.2) is 0 Å². The molecule has 3 aromatic heterocycles. The Morgan fingerprint density at radius 1 is 1.35 bits per heavy atom. The summed E-state index contributed by atoms with van der Waals surface area (Å²) in [5.74, 6) is 0.867. The van der Waals surface area contributed by atoms with Crippen LogP contribution in [0.25, 0.3) is 5.88 Å². The van der Waals surface area contributed by atoms with Crippen LogP contribution in [0.1, 0.15) is 32.9 Å². The second-order valence-electron chi connectivity index (χ2n) is 6.13. The van der Waals surface area contributed by atoms with Crippen molar-refractivity contribution in [2.24, 2.45) is 0 Å². The quantitative estimate of drug-likeness (QED) is 0.755. The summed E-state index contributed by atoms with van der Waals surface area (Å²) >= 11 is 0. The molecule has 0 spiro atoms. The summed E-state index contributed by atoms with van der Waals surface area (Å²) in [6, 6.07) is 7.51. The number of nitrogen functional groups attached to an aromatic ring is 1. The number of aromatic nitrogens is 3. The smallest absolute Gasteiger partial charge is 0.259 e. The number of anilines is 1. The van der Waals surface area contributed by atoms with Gasteiger partial charge in [0.15, 0.2) is 0 Å². The number of carbonyl (C=O) groups excluding carboxylic acids is 1. The van der Waals surface area contributed by atoms with Crippen LogP contribution in [0, 0.1) is 18.3 Å². The molecule has 0 bridgehead atoms. The number of rotatable bonds is 2. The van der Waals surface area contributed by atoms with Gasteiger partial charge in [-0.2, -0.15) is 10.4 Å². The Hall–Kier alpha value is -3.60. The molecule has 8 nitrogen and oxygen atoms in total. The Morgan fingerprint density at radius 2 is 2.12 bits per heavy atom. The molecule has 1 amide bonds. The zero-order chi connectivity index (χ0) is 18.3. The van der Waals surface area contributed by atoms with E-state index >= 15 is 0 Å². The van der Waals surface area contributed by atoms with E-state index in [-0.39, 0.29) is 11.5 Å². The van der Waals surface area contributed by atoms with E-state index in [1.165, 1.54) is 0 Å². The van der Waals surface area contributed by atoms with Crippen molar-refractivity contribution in [1.82, 2.24) is 19.7 Å². The monoisotopic (exact) mass is 348 g/mol. The molecular formula is C18H16N6O2. The van der Waals surface area contributed by atoms with E-state index in [0.717, 1.165) is 11.3 Å². The van der Waals surface area contributed by atoms with Crippen molar-refractivity contribution in [2.45, 2.75) is 19.9 Å². The normalized spacial score (nSPS) is 13.3. The van der Waals surface area contributed by atoms with Crippen LogP contribution < -0.4 is 5.73 Å². The number of nitrogens with zero attached hydrogens (tertiary/aromatic N) is 5. The number of nitrogens with two attached hydrogens (primary N) is 1. The van der Waals surface area contributed by atoms with Crippen LogP contribution in [0.3, 0.4) is 0 Å². The van der Waals surface area contributed by atoms with E-state index < -0.39 is 0 Å². The fourth-order valence-electron chi connectivity index (χ4n) is 3.22. The molecule has 0 radical (unpaired) electrons. The molecule has 2 N–H and O–H groups in total. The van der Waals surface area contributed by atoms with E-state index in [1.54, 1.807) is 34.9 Å². The lowest BCUT2D eigenvalue weighted by molar-refractivity contribution is 0.0731.